The number of anilines is 1. The quantitative estimate of drug-likeness (QED) is 0.708. The number of hydrogen-bond donors (Lipinski definition) is 1. The molecule has 106 valence electrons. The van der Waals surface area contributed by atoms with Crippen molar-refractivity contribution in [1.29, 1.82) is 0 Å². The highest BCUT2D eigenvalue weighted by molar-refractivity contribution is 9.10. The molecule has 3 aromatic rings. The monoisotopic (exact) mass is 361 g/mol. The van der Waals surface area contributed by atoms with Gasteiger partial charge in [0.15, 0.2) is 0 Å². The molecule has 2 aromatic carbocycles. The molecule has 0 fully saturated rings. The van der Waals surface area contributed by atoms with E-state index >= 15 is 0 Å². The van der Waals surface area contributed by atoms with E-state index in [2.05, 4.69) is 21.0 Å². The number of nitrogen functional groups attached to an aromatic ring is 1. The zero-order chi connectivity index (χ0) is 15.0. The summed E-state index contributed by atoms with van der Waals surface area (Å²) in [5.74, 6) is 0. The predicted octanol–water partition coefficient (Wildman–Crippen LogP) is 4.85. The van der Waals surface area contributed by atoms with Crippen molar-refractivity contribution < 1.29 is 0 Å². The van der Waals surface area contributed by atoms with Crippen molar-refractivity contribution in [3.63, 3.8) is 0 Å². The Balaban J connectivity index is 2.04. The van der Waals surface area contributed by atoms with Crippen LogP contribution in [-0.2, 0) is 0 Å². The van der Waals surface area contributed by atoms with E-state index in [9.17, 15) is 0 Å². The molecule has 0 bridgehead atoms. The summed E-state index contributed by atoms with van der Waals surface area (Å²) < 4.78 is 2.77. The van der Waals surface area contributed by atoms with Crippen LogP contribution >= 0.6 is 27.5 Å². The molecule has 0 aliphatic rings. The average Bonchev–Trinajstić information content (AvgIpc) is 2.85. The first kappa shape index (κ1) is 14.2. The zero-order valence-electron chi connectivity index (χ0n) is 11.3. The Kier molecular flexibility index (Phi) is 3.74. The highest BCUT2D eigenvalue weighted by atomic mass is 79.9. The van der Waals surface area contributed by atoms with E-state index in [4.69, 9.17) is 17.3 Å². The van der Waals surface area contributed by atoms with Crippen LogP contribution in [0.1, 0.15) is 5.56 Å². The van der Waals surface area contributed by atoms with Crippen molar-refractivity contribution in [2.45, 2.75) is 6.92 Å². The van der Waals surface area contributed by atoms with Gasteiger partial charge in [0.05, 0.1) is 17.6 Å². The van der Waals surface area contributed by atoms with Crippen LogP contribution in [0.4, 0.5) is 5.69 Å². The number of hydrogen-bond acceptors (Lipinski definition) is 2. The summed E-state index contributed by atoms with van der Waals surface area (Å²) in [6.45, 7) is 1.97. The van der Waals surface area contributed by atoms with Crippen LogP contribution in [-0.4, -0.2) is 9.78 Å². The maximum atomic E-state index is 6.17. The van der Waals surface area contributed by atoms with E-state index in [1.54, 1.807) is 10.9 Å². The molecule has 0 saturated heterocycles. The van der Waals surface area contributed by atoms with Crippen LogP contribution in [0.15, 0.2) is 53.1 Å². The molecule has 3 nitrogen and oxygen atoms in total. The standard InChI is InChI=1S/C16H13BrClN3/c1-10-2-7-13(8-14(10)18)21-9-15(19)16(20-21)11-3-5-12(17)6-4-11/h2-9H,19H2,1H3. The minimum atomic E-state index is 0.633. The normalized spacial score (nSPS) is 10.8. The van der Waals surface area contributed by atoms with E-state index in [0.29, 0.717) is 10.7 Å². The molecule has 0 spiro atoms. The van der Waals surface area contributed by atoms with Crippen LogP contribution in [0.5, 0.6) is 0 Å². The summed E-state index contributed by atoms with van der Waals surface area (Å²) in [5, 5.41) is 5.28. The van der Waals surface area contributed by atoms with Crippen LogP contribution < -0.4 is 5.73 Å². The third kappa shape index (κ3) is 2.82. The Hall–Kier alpha value is -1.78. The molecule has 0 unspecified atom stereocenters. The highest BCUT2D eigenvalue weighted by Crippen LogP contribution is 2.27. The summed E-state index contributed by atoms with van der Waals surface area (Å²) in [4.78, 5) is 0. The van der Waals surface area contributed by atoms with E-state index in [0.717, 1.165) is 27.0 Å². The Morgan fingerprint density at radius 2 is 1.86 bits per heavy atom. The van der Waals surface area contributed by atoms with Crippen molar-refractivity contribution in [3.8, 4) is 16.9 Å². The van der Waals surface area contributed by atoms with E-state index in [-0.39, 0.29) is 0 Å². The van der Waals surface area contributed by atoms with Gasteiger partial charge in [0.2, 0.25) is 0 Å². The molecular weight excluding hydrogens is 350 g/mol. The molecule has 0 radical (unpaired) electrons. The van der Waals surface area contributed by atoms with Gasteiger partial charge in [-0.25, -0.2) is 4.68 Å². The Bertz CT molecular complexity index is 794. The lowest BCUT2D eigenvalue weighted by Gasteiger charge is -2.04. The zero-order valence-corrected chi connectivity index (χ0v) is 13.7. The third-order valence-corrected chi connectivity index (χ3v) is 4.22. The second-order valence-electron chi connectivity index (χ2n) is 4.82. The smallest absolute Gasteiger partial charge is 0.116 e. The van der Waals surface area contributed by atoms with Gasteiger partial charge in [0.25, 0.3) is 0 Å². The molecule has 0 atom stereocenters. The van der Waals surface area contributed by atoms with E-state index < -0.39 is 0 Å². The minimum Gasteiger partial charge on any atom is -0.396 e. The molecule has 2 N–H and O–H groups in total. The average molecular weight is 363 g/mol. The number of nitrogens with two attached hydrogens (primary N) is 1. The molecule has 5 heteroatoms. The maximum absolute atomic E-state index is 6.17. The predicted molar refractivity (Wildman–Crippen MR) is 90.9 cm³/mol. The van der Waals surface area contributed by atoms with Crippen LogP contribution in [0.2, 0.25) is 5.02 Å². The molecular formula is C16H13BrClN3. The first-order chi connectivity index (χ1) is 10.0. The van der Waals surface area contributed by atoms with Gasteiger partial charge in [0, 0.05) is 15.1 Å². The van der Waals surface area contributed by atoms with Gasteiger partial charge in [-0.1, -0.05) is 45.7 Å². The molecule has 3 rings (SSSR count). The fraction of sp³-hybridized carbons (Fsp3) is 0.0625. The number of rotatable bonds is 2. The summed E-state index contributed by atoms with van der Waals surface area (Å²) >= 11 is 9.59. The largest absolute Gasteiger partial charge is 0.396 e. The van der Waals surface area contributed by atoms with Crippen LogP contribution in [0, 0.1) is 6.92 Å². The number of aryl methyl sites for hydroxylation is 1. The van der Waals surface area contributed by atoms with Gasteiger partial charge in [-0.3, -0.25) is 0 Å². The number of aromatic nitrogens is 2. The lowest BCUT2D eigenvalue weighted by Crippen LogP contribution is -1.95. The number of benzene rings is 2. The molecule has 1 heterocycles. The Morgan fingerprint density at radius 3 is 2.52 bits per heavy atom. The van der Waals surface area contributed by atoms with Crippen LogP contribution in [0.3, 0.4) is 0 Å². The Labute approximate surface area is 136 Å². The van der Waals surface area contributed by atoms with E-state index in [1.165, 1.54) is 0 Å². The lowest BCUT2D eigenvalue weighted by molar-refractivity contribution is 0.884. The SMILES string of the molecule is Cc1ccc(-n2cc(N)c(-c3ccc(Br)cc3)n2)cc1Cl. The van der Waals surface area contributed by atoms with Gasteiger partial charge >= 0.3 is 0 Å². The minimum absolute atomic E-state index is 0.633. The third-order valence-electron chi connectivity index (χ3n) is 3.28. The van der Waals surface area contributed by atoms with Gasteiger partial charge < -0.3 is 5.73 Å². The fourth-order valence-corrected chi connectivity index (χ4v) is 2.52. The molecule has 0 amide bonds. The van der Waals surface area contributed by atoms with Gasteiger partial charge in [-0.05, 0) is 36.8 Å². The Morgan fingerprint density at radius 1 is 1.14 bits per heavy atom. The van der Waals surface area contributed by atoms with Crippen molar-refractivity contribution in [3.05, 3.63) is 63.7 Å². The van der Waals surface area contributed by atoms with Crippen molar-refractivity contribution in [1.82, 2.24) is 9.78 Å². The first-order valence-corrected chi connectivity index (χ1v) is 7.59. The molecule has 0 aliphatic heterocycles. The molecule has 0 saturated carbocycles. The molecule has 1 aromatic heterocycles. The lowest BCUT2D eigenvalue weighted by atomic mass is 10.1. The second-order valence-corrected chi connectivity index (χ2v) is 6.14. The summed E-state index contributed by atoms with van der Waals surface area (Å²) in [6.07, 6.45) is 1.80. The summed E-state index contributed by atoms with van der Waals surface area (Å²) in [7, 11) is 0. The molecule has 0 aliphatic carbocycles. The van der Waals surface area contributed by atoms with Gasteiger partial charge in [-0.15, -0.1) is 0 Å². The second kappa shape index (κ2) is 5.54. The van der Waals surface area contributed by atoms with Crippen molar-refractivity contribution in [2.24, 2.45) is 0 Å². The number of nitrogens with zero attached hydrogens (tertiary/aromatic N) is 2. The topological polar surface area (TPSA) is 43.8 Å². The van der Waals surface area contributed by atoms with Crippen molar-refractivity contribution in [2.75, 3.05) is 5.73 Å². The molecule has 21 heavy (non-hydrogen) atoms. The van der Waals surface area contributed by atoms with Gasteiger partial charge in [-0.2, -0.15) is 5.10 Å². The number of halogens is 2. The van der Waals surface area contributed by atoms with Crippen molar-refractivity contribution >= 4 is 33.2 Å². The van der Waals surface area contributed by atoms with Crippen LogP contribution in [0.25, 0.3) is 16.9 Å². The maximum Gasteiger partial charge on any atom is 0.116 e. The first-order valence-electron chi connectivity index (χ1n) is 6.42. The highest BCUT2D eigenvalue weighted by Gasteiger charge is 2.10. The fourth-order valence-electron chi connectivity index (χ4n) is 2.08. The summed E-state index contributed by atoms with van der Waals surface area (Å²) in [6, 6.07) is 13.7. The van der Waals surface area contributed by atoms with E-state index in [1.807, 2.05) is 49.4 Å². The summed E-state index contributed by atoms with van der Waals surface area (Å²) in [5.41, 5.74) is 10.4. The van der Waals surface area contributed by atoms with Gasteiger partial charge in [0.1, 0.15) is 5.69 Å².